The minimum absolute atomic E-state index is 0.0541. The predicted octanol–water partition coefficient (Wildman–Crippen LogP) is 2.20. The normalized spacial score (nSPS) is 16.3. The van der Waals surface area contributed by atoms with Crippen LogP contribution in [0.2, 0.25) is 0 Å². The number of anilines is 1. The molecule has 2 rings (SSSR count). The van der Waals surface area contributed by atoms with Crippen LogP contribution in [0.3, 0.4) is 0 Å². The van der Waals surface area contributed by atoms with Crippen molar-refractivity contribution in [3.8, 4) is 5.75 Å². The van der Waals surface area contributed by atoms with Crippen LogP contribution >= 0.6 is 11.8 Å². The zero-order valence-electron chi connectivity index (χ0n) is 11.3. The van der Waals surface area contributed by atoms with Gasteiger partial charge in [-0.1, -0.05) is 23.9 Å². The van der Waals surface area contributed by atoms with Crippen LogP contribution in [0.5, 0.6) is 5.75 Å². The number of amides is 1. The Morgan fingerprint density at radius 1 is 1.35 bits per heavy atom. The molecule has 6 heteroatoms. The number of carbonyl (C=O) groups is 2. The van der Waals surface area contributed by atoms with Crippen molar-refractivity contribution < 1.29 is 19.1 Å². The summed E-state index contributed by atoms with van der Waals surface area (Å²) in [5.74, 6) is 0.482. The summed E-state index contributed by atoms with van der Waals surface area (Å²) in [6.45, 7) is 1.87. The molecule has 1 fully saturated rings. The molecule has 1 aliphatic heterocycles. The van der Waals surface area contributed by atoms with Crippen molar-refractivity contribution >= 4 is 29.1 Å². The van der Waals surface area contributed by atoms with E-state index in [1.54, 1.807) is 24.3 Å². The quantitative estimate of drug-likeness (QED) is 0.524. The Hall–Kier alpha value is -1.95. The molecule has 1 aliphatic rings. The third-order valence-electron chi connectivity index (χ3n) is 2.69. The van der Waals surface area contributed by atoms with E-state index < -0.39 is 5.91 Å². The maximum atomic E-state index is 12.3. The second-order valence-corrected chi connectivity index (χ2v) is 5.14. The van der Waals surface area contributed by atoms with Gasteiger partial charge in [-0.2, -0.15) is 0 Å². The Morgan fingerprint density at radius 3 is 2.70 bits per heavy atom. The van der Waals surface area contributed by atoms with Gasteiger partial charge in [-0.05, 0) is 19.1 Å². The van der Waals surface area contributed by atoms with E-state index in [0.29, 0.717) is 23.1 Å². The number of methoxy groups -OCH3 is 1. The number of thioether (sulfide) groups is 1. The van der Waals surface area contributed by atoms with E-state index in [1.807, 2.05) is 0 Å². The average Bonchev–Trinajstić information content (AvgIpc) is 2.92. The van der Waals surface area contributed by atoms with E-state index in [-0.39, 0.29) is 11.4 Å². The molecule has 0 bridgehead atoms. The molecule has 0 atom stereocenters. The number of Topliss-reactive ketones (excluding diaryl/α,β-unsaturated/α-hetero) is 1. The number of rotatable bonds is 4. The van der Waals surface area contributed by atoms with Crippen molar-refractivity contribution in [1.29, 1.82) is 0 Å². The first-order chi connectivity index (χ1) is 9.63. The van der Waals surface area contributed by atoms with Crippen LogP contribution in [0.15, 0.2) is 34.9 Å². The van der Waals surface area contributed by atoms with Crippen LogP contribution in [-0.4, -0.2) is 31.2 Å². The van der Waals surface area contributed by atoms with Crippen molar-refractivity contribution in [2.45, 2.75) is 6.92 Å². The minimum Gasteiger partial charge on any atom is -0.495 e. The number of carbonyl (C=O) groups excluding carboxylic acids is 2. The maximum Gasteiger partial charge on any atom is 0.263 e. The van der Waals surface area contributed by atoms with Gasteiger partial charge in [0, 0.05) is 5.75 Å². The molecule has 20 heavy (non-hydrogen) atoms. The smallest absolute Gasteiger partial charge is 0.263 e. The summed E-state index contributed by atoms with van der Waals surface area (Å²) >= 11 is 1.37. The van der Waals surface area contributed by atoms with E-state index in [1.165, 1.54) is 25.8 Å². The summed E-state index contributed by atoms with van der Waals surface area (Å²) in [5, 5.41) is 3.08. The zero-order valence-corrected chi connectivity index (χ0v) is 12.1. The Morgan fingerprint density at radius 2 is 2.10 bits per heavy atom. The molecule has 1 aromatic carbocycles. The molecule has 1 amide bonds. The van der Waals surface area contributed by atoms with Crippen molar-refractivity contribution in [1.82, 2.24) is 0 Å². The molecule has 1 heterocycles. The van der Waals surface area contributed by atoms with Gasteiger partial charge in [-0.15, -0.1) is 0 Å². The fourth-order valence-electron chi connectivity index (χ4n) is 1.78. The average molecular weight is 293 g/mol. The third kappa shape index (κ3) is 3.14. The van der Waals surface area contributed by atoms with Gasteiger partial charge >= 0.3 is 0 Å². The molecule has 1 N–H and O–H groups in total. The first-order valence-electron chi connectivity index (χ1n) is 6.08. The van der Waals surface area contributed by atoms with Crippen LogP contribution in [-0.2, 0) is 14.3 Å². The van der Waals surface area contributed by atoms with Crippen LogP contribution in [0.1, 0.15) is 6.92 Å². The SMILES string of the molecule is COc1ccccc1NC(=O)/C(C(C)=O)=C1/OCCS1. The van der Waals surface area contributed by atoms with Gasteiger partial charge in [-0.3, -0.25) is 9.59 Å². The van der Waals surface area contributed by atoms with E-state index in [2.05, 4.69) is 5.32 Å². The van der Waals surface area contributed by atoms with Gasteiger partial charge in [0.2, 0.25) is 0 Å². The zero-order chi connectivity index (χ0) is 14.5. The highest BCUT2D eigenvalue weighted by Crippen LogP contribution is 2.29. The van der Waals surface area contributed by atoms with Gasteiger partial charge in [0.15, 0.2) is 10.9 Å². The Bertz CT molecular complexity index is 560. The van der Waals surface area contributed by atoms with Crippen LogP contribution in [0.4, 0.5) is 5.69 Å². The molecule has 0 unspecified atom stereocenters. The molecule has 1 aromatic rings. The topological polar surface area (TPSA) is 64.6 Å². The predicted molar refractivity (Wildman–Crippen MR) is 77.7 cm³/mol. The Kier molecular flexibility index (Phi) is 4.68. The van der Waals surface area contributed by atoms with Gasteiger partial charge in [0.05, 0.1) is 19.4 Å². The lowest BCUT2D eigenvalue weighted by atomic mass is 10.2. The summed E-state index contributed by atoms with van der Waals surface area (Å²) in [5.41, 5.74) is 0.570. The second kappa shape index (κ2) is 6.47. The molecule has 0 spiro atoms. The Balaban J connectivity index is 2.26. The first-order valence-corrected chi connectivity index (χ1v) is 7.07. The second-order valence-electron chi connectivity index (χ2n) is 4.07. The molecule has 0 aliphatic carbocycles. The molecular formula is C14H15NO4S. The molecule has 106 valence electrons. The number of hydrogen-bond donors (Lipinski definition) is 1. The fourth-order valence-corrected chi connectivity index (χ4v) is 2.68. The lowest BCUT2D eigenvalue weighted by Gasteiger charge is -2.11. The largest absolute Gasteiger partial charge is 0.495 e. The van der Waals surface area contributed by atoms with E-state index >= 15 is 0 Å². The number of hydrogen-bond acceptors (Lipinski definition) is 5. The lowest BCUT2D eigenvalue weighted by molar-refractivity contribution is -0.119. The number of nitrogens with one attached hydrogen (secondary N) is 1. The van der Waals surface area contributed by atoms with Crippen LogP contribution in [0, 0.1) is 0 Å². The van der Waals surface area contributed by atoms with Crippen LogP contribution in [0.25, 0.3) is 0 Å². The number of para-hydroxylation sites is 2. The minimum atomic E-state index is -0.480. The standard InChI is InChI=1S/C14H15NO4S/c1-9(16)12(14-19-7-8-20-14)13(17)15-10-5-3-4-6-11(10)18-2/h3-6H,7-8H2,1-2H3,(H,15,17)/b14-12-. The third-order valence-corrected chi connectivity index (χ3v) is 3.64. The van der Waals surface area contributed by atoms with Gasteiger partial charge in [-0.25, -0.2) is 0 Å². The van der Waals surface area contributed by atoms with Crippen molar-refractivity contribution in [3.63, 3.8) is 0 Å². The molecule has 0 aromatic heterocycles. The van der Waals surface area contributed by atoms with Gasteiger partial charge in [0.25, 0.3) is 5.91 Å². The monoisotopic (exact) mass is 293 g/mol. The molecule has 0 radical (unpaired) electrons. The summed E-state index contributed by atoms with van der Waals surface area (Å²) < 4.78 is 10.5. The van der Waals surface area contributed by atoms with Gasteiger partial charge < -0.3 is 14.8 Å². The highest BCUT2D eigenvalue weighted by molar-refractivity contribution is 8.03. The summed E-state index contributed by atoms with van der Waals surface area (Å²) in [6, 6.07) is 7.02. The van der Waals surface area contributed by atoms with Gasteiger partial charge in [0.1, 0.15) is 11.3 Å². The van der Waals surface area contributed by atoms with E-state index in [4.69, 9.17) is 9.47 Å². The summed E-state index contributed by atoms with van der Waals surface area (Å²) in [6.07, 6.45) is 0. The molecule has 1 saturated heterocycles. The summed E-state index contributed by atoms with van der Waals surface area (Å²) in [4.78, 5) is 23.9. The Labute approximate surface area is 121 Å². The van der Waals surface area contributed by atoms with Crippen molar-refractivity contribution in [3.05, 3.63) is 34.9 Å². The fraction of sp³-hybridized carbons (Fsp3) is 0.286. The summed E-state index contributed by atoms with van der Waals surface area (Å²) in [7, 11) is 1.52. The highest BCUT2D eigenvalue weighted by atomic mass is 32.2. The highest BCUT2D eigenvalue weighted by Gasteiger charge is 2.25. The van der Waals surface area contributed by atoms with Crippen LogP contribution < -0.4 is 10.1 Å². The molecular weight excluding hydrogens is 278 g/mol. The molecule has 0 saturated carbocycles. The van der Waals surface area contributed by atoms with Crippen molar-refractivity contribution in [2.24, 2.45) is 0 Å². The number of ketones is 1. The van der Waals surface area contributed by atoms with E-state index in [0.717, 1.165) is 5.75 Å². The van der Waals surface area contributed by atoms with Crippen molar-refractivity contribution in [2.75, 3.05) is 24.8 Å². The number of benzene rings is 1. The van der Waals surface area contributed by atoms with E-state index in [9.17, 15) is 9.59 Å². The number of ether oxygens (including phenoxy) is 2. The lowest BCUT2D eigenvalue weighted by Crippen LogP contribution is -2.20. The first kappa shape index (κ1) is 14.5. The molecule has 5 nitrogen and oxygen atoms in total. The maximum absolute atomic E-state index is 12.3.